The van der Waals surface area contributed by atoms with Crippen molar-refractivity contribution < 1.29 is 13.2 Å². The summed E-state index contributed by atoms with van der Waals surface area (Å²) in [5, 5.41) is 3.31. The van der Waals surface area contributed by atoms with Crippen molar-refractivity contribution in [2.24, 2.45) is 5.92 Å². The van der Waals surface area contributed by atoms with E-state index in [1.807, 2.05) is 0 Å². The van der Waals surface area contributed by atoms with E-state index < -0.39 is 17.5 Å². The Kier molecular flexibility index (Phi) is 5.03. The van der Waals surface area contributed by atoms with Crippen LogP contribution in [-0.2, 0) is 0 Å². The number of piperazine rings is 1. The van der Waals surface area contributed by atoms with Crippen molar-refractivity contribution in [3.8, 4) is 0 Å². The zero-order valence-corrected chi connectivity index (χ0v) is 12.8. The zero-order valence-electron chi connectivity index (χ0n) is 12.8. The third-order valence-corrected chi connectivity index (χ3v) is 4.99. The van der Waals surface area contributed by atoms with Gasteiger partial charge in [-0.15, -0.1) is 0 Å². The number of hydrogen-bond acceptors (Lipinski definition) is 2. The molecule has 0 spiro atoms. The molecule has 0 aromatic heterocycles. The van der Waals surface area contributed by atoms with Crippen LogP contribution in [0.1, 0.15) is 43.7 Å². The smallest absolute Gasteiger partial charge is 0.194 e. The van der Waals surface area contributed by atoms with Crippen LogP contribution >= 0.6 is 0 Å². The molecule has 122 valence electrons. The number of nitrogens with one attached hydrogen (secondary N) is 1. The van der Waals surface area contributed by atoms with Crippen LogP contribution in [0.2, 0.25) is 0 Å². The highest BCUT2D eigenvalue weighted by Crippen LogP contribution is 2.39. The van der Waals surface area contributed by atoms with E-state index in [-0.39, 0.29) is 6.04 Å². The lowest BCUT2D eigenvalue weighted by Crippen LogP contribution is -2.47. The first-order valence-corrected chi connectivity index (χ1v) is 8.26. The highest BCUT2D eigenvalue weighted by Gasteiger charge is 2.32. The molecule has 3 rings (SSSR count). The summed E-state index contributed by atoms with van der Waals surface area (Å²) < 4.78 is 40.7. The highest BCUT2D eigenvalue weighted by molar-refractivity contribution is 5.24. The third-order valence-electron chi connectivity index (χ3n) is 4.99. The lowest BCUT2D eigenvalue weighted by molar-refractivity contribution is 0.103. The Balaban J connectivity index is 1.92. The van der Waals surface area contributed by atoms with Gasteiger partial charge in [-0.25, -0.2) is 13.2 Å². The molecule has 1 heterocycles. The molecular formula is C17H23F3N2. The minimum atomic E-state index is -1.37. The first-order chi connectivity index (χ1) is 10.7. The molecule has 1 aliphatic heterocycles. The molecule has 1 saturated carbocycles. The predicted molar refractivity (Wildman–Crippen MR) is 80.1 cm³/mol. The van der Waals surface area contributed by atoms with Crippen molar-refractivity contribution in [2.45, 2.75) is 38.1 Å². The molecule has 5 heteroatoms. The summed E-state index contributed by atoms with van der Waals surface area (Å²) in [5.41, 5.74) is 0.588. The summed E-state index contributed by atoms with van der Waals surface area (Å²) in [7, 11) is 0. The van der Waals surface area contributed by atoms with Crippen LogP contribution in [0.5, 0.6) is 0 Å². The van der Waals surface area contributed by atoms with Crippen LogP contribution in [0.25, 0.3) is 0 Å². The minimum absolute atomic E-state index is 0.00741. The standard InChI is InChI=1S/C17H23F3N2/c18-14-10-13(11-15(19)16(14)20)17(12-4-2-1-3-5-12)22-8-6-21-7-9-22/h10-12,17,21H,1-9H2/t17-/m1/s1. The van der Waals surface area contributed by atoms with E-state index in [4.69, 9.17) is 0 Å². The maximum absolute atomic E-state index is 13.7. The van der Waals surface area contributed by atoms with Crippen LogP contribution in [0, 0.1) is 23.4 Å². The summed E-state index contributed by atoms with van der Waals surface area (Å²) in [5.74, 6) is -3.13. The normalized spacial score (nSPS) is 22.7. The van der Waals surface area contributed by atoms with Crippen molar-refractivity contribution in [3.05, 3.63) is 35.1 Å². The van der Waals surface area contributed by atoms with Crippen molar-refractivity contribution >= 4 is 0 Å². The van der Waals surface area contributed by atoms with Gasteiger partial charge in [0.2, 0.25) is 0 Å². The molecule has 2 fully saturated rings. The van der Waals surface area contributed by atoms with Crippen molar-refractivity contribution in [1.29, 1.82) is 0 Å². The fourth-order valence-corrected chi connectivity index (χ4v) is 3.94. The second kappa shape index (κ2) is 7.01. The van der Waals surface area contributed by atoms with Gasteiger partial charge in [0.1, 0.15) is 0 Å². The molecule has 1 atom stereocenters. The summed E-state index contributed by atoms with van der Waals surface area (Å²) in [6.45, 7) is 3.49. The van der Waals surface area contributed by atoms with Crippen LogP contribution < -0.4 is 5.32 Å². The fraction of sp³-hybridized carbons (Fsp3) is 0.647. The van der Waals surface area contributed by atoms with Crippen LogP contribution in [0.15, 0.2) is 12.1 Å². The minimum Gasteiger partial charge on any atom is -0.314 e. The Morgan fingerprint density at radius 2 is 1.55 bits per heavy atom. The van der Waals surface area contributed by atoms with Crippen molar-refractivity contribution in [1.82, 2.24) is 10.2 Å². The predicted octanol–water partition coefficient (Wildman–Crippen LogP) is 3.63. The van der Waals surface area contributed by atoms with Crippen molar-refractivity contribution in [3.63, 3.8) is 0 Å². The average molecular weight is 312 g/mol. The van der Waals surface area contributed by atoms with E-state index in [2.05, 4.69) is 10.2 Å². The van der Waals surface area contributed by atoms with Crippen LogP contribution in [0.4, 0.5) is 13.2 Å². The quantitative estimate of drug-likeness (QED) is 0.858. The van der Waals surface area contributed by atoms with Gasteiger partial charge in [0.25, 0.3) is 0 Å². The number of halogens is 3. The van der Waals surface area contributed by atoms with Gasteiger partial charge in [0.05, 0.1) is 0 Å². The van der Waals surface area contributed by atoms with Gasteiger partial charge >= 0.3 is 0 Å². The molecule has 1 saturated heterocycles. The molecule has 0 amide bonds. The van der Waals surface area contributed by atoms with Crippen LogP contribution in [-0.4, -0.2) is 31.1 Å². The second-order valence-electron chi connectivity index (χ2n) is 6.43. The number of rotatable bonds is 3. The highest BCUT2D eigenvalue weighted by atomic mass is 19.2. The van der Waals surface area contributed by atoms with E-state index >= 15 is 0 Å². The number of hydrogen-bond donors (Lipinski definition) is 1. The molecule has 1 N–H and O–H groups in total. The fourth-order valence-electron chi connectivity index (χ4n) is 3.94. The van der Waals surface area contributed by atoms with Gasteiger partial charge in [-0.3, -0.25) is 4.90 Å². The van der Waals surface area contributed by atoms with Gasteiger partial charge in [-0.2, -0.15) is 0 Å². The average Bonchev–Trinajstić information content (AvgIpc) is 2.55. The molecule has 2 aliphatic rings. The van der Waals surface area contributed by atoms with Gasteiger partial charge in [0.15, 0.2) is 17.5 Å². The lowest BCUT2D eigenvalue weighted by Gasteiger charge is -2.41. The SMILES string of the molecule is Fc1cc([C@@H](C2CCCCC2)N2CCNCC2)cc(F)c1F. The Bertz CT molecular complexity index is 468. The molecule has 2 nitrogen and oxygen atoms in total. The number of nitrogens with zero attached hydrogens (tertiary/aromatic N) is 1. The molecule has 0 bridgehead atoms. The Labute approximate surface area is 129 Å². The maximum atomic E-state index is 13.7. The summed E-state index contributed by atoms with van der Waals surface area (Å²) >= 11 is 0. The largest absolute Gasteiger partial charge is 0.314 e. The van der Waals surface area contributed by atoms with E-state index in [0.717, 1.165) is 39.0 Å². The molecule has 0 unspecified atom stereocenters. The third kappa shape index (κ3) is 3.30. The van der Waals surface area contributed by atoms with E-state index in [9.17, 15) is 13.2 Å². The van der Waals surface area contributed by atoms with Gasteiger partial charge in [0, 0.05) is 32.2 Å². The summed E-state index contributed by atoms with van der Waals surface area (Å²) in [6, 6.07) is 2.38. The van der Waals surface area contributed by atoms with E-state index in [0.29, 0.717) is 11.5 Å². The topological polar surface area (TPSA) is 15.3 Å². The summed E-state index contributed by atoms with van der Waals surface area (Å²) in [4.78, 5) is 2.30. The first-order valence-electron chi connectivity index (χ1n) is 8.26. The van der Waals surface area contributed by atoms with E-state index in [1.54, 1.807) is 0 Å². The Morgan fingerprint density at radius 3 is 2.14 bits per heavy atom. The molecule has 1 aliphatic carbocycles. The molecule has 22 heavy (non-hydrogen) atoms. The second-order valence-corrected chi connectivity index (χ2v) is 6.43. The van der Waals surface area contributed by atoms with E-state index in [1.165, 1.54) is 31.4 Å². The monoisotopic (exact) mass is 312 g/mol. The van der Waals surface area contributed by atoms with Crippen molar-refractivity contribution in [2.75, 3.05) is 26.2 Å². The lowest BCUT2D eigenvalue weighted by atomic mass is 9.80. The van der Waals surface area contributed by atoms with Gasteiger partial charge in [-0.05, 0) is 36.5 Å². The Hall–Kier alpha value is -1.07. The molecule has 1 aromatic rings. The Morgan fingerprint density at radius 1 is 0.955 bits per heavy atom. The van der Waals surface area contributed by atoms with Gasteiger partial charge < -0.3 is 5.32 Å². The van der Waals surface area contributed by atoms with Gasteiger partial charge in [-0.1, -0.05) is 19.3 Å². The molecular weight excluding hydrogens is 289 g/mol. The molecule has 0 radical (unpaired) electrons. The number of benzene rings is 1. The zero-order chi connectivity index (χ0) is 15.5. The maximum Gasteiger partial charge on any atom is 0.194 e. The summed E-state index contributed by atoms with van der Waals surface area (Å²) in [6.07, 6.45) is 5.72. The molecule has 1 aromatic carbocycles. The van der Waals surface area contributed by atoms with Crippen LogP contribution in [0.3, 0.4) is 0 Å². The first kappa shape index (κ1) is 15.8.